The molecule has 2 aromatic heterocycles. The van der Waals surface area contributed by atoms with E-state index in [9.17, 15) is 9.59 Å². The fourth-order valence-electron chi connectivity index (χ4n) is 1.46. The Kier molecular flexibility index (Phi) is 3.09. The summed E-state index contributed by atoms with van der Waals surface area (Å²) in [7, 11) is 3.46. The molecule has 0 saturated carbocycles. The minimum atomic E-state index is -0.393. The third kappa shape index (κ3) is 2.37. The van der Waals surface area contributed by atoms with Gasteiger partial charge in [0.1, 0.15) is 0 Å². The molecule has 94 valence electrons. The third-order valence-electron chi connectivity index (χ3n) is 2.23. The van der Waals surface area contributed by atoms with Crippen molar-refractivity contribution in [2.75, 3.05) is 10.6 Å². The largest absolute Gasteiger partial charge is 0.338 e. The van der Waals surface area contributed by atoms with Crippen molar-refractivity contribution in [1.29, 1.82) is 0 Å². The zero-order valence-corrected chi connectivity index (χ0v) is 9.91. The van der Waals surface area contributed by atoms with Crippen molar-refractivity contribution >= 4 is 24.0 Å². The molecule has 2 heterocycles. The quantitative estimate of drug-likeness (QED) is 0.743. The summed E-state index contributed by atoms with van der Waals surface area (Å²) < 4.78 is 3.23. The van der Waals surface area contributed by atoms with E-state index in [1.165, 1.54) is 4.57 Å². The average molecular weight is 248 g/mol. The Morgan fingerprint density at radius 3 is 2.72 bits per heavy atom. The highest BCUT2D eigenvalue weighted by Crippen LogP contribution is 2.09. The molecule has 2 N–H and O–H groups in total. The standard InChI is InChI=1S/C10H12N6O2/c1-15-3-7(11-5-15)14-10(18)9-13-8(12-6-17)4-16(9)2/h3-6H,1-2H3,(H,12,17)(H,14,18). The predicted molar refractivity (Wildman–Crippen MR) is 64.1 cm³/mol. The molecule has 2 amide bonds. The molecule has 0 unspecified atom stereocenters. The first kappa shape index (κ1) is 11.8. The van der Waals surface area contributed by atoms with E-state index in [2.05, 4.69) is 20.6 Å². The van der Waals surface area contributed by atoms with Gasteiger partial charge in [0.15, 0.2) is 11.6 Å². The lowest BCUT2D eigenvalue weighted by molar-refractivity contribution is -0.105. The van der Waals surface area contributed by atoms with Gasteiger partial charge in [-0.1, -0.05) is 0 Å². The zero-order chi connectivity index (χ0) is 13.1. The molecular weight excluding hydrogens is 236 g/mol. The Morgan fingerprint density at radius 1 is 1.33 bits per heavy atom. The van der Waals surface area contributed by atoms with Crippen LogP contribution in [0.3, 0.4) is 0 Å². The first-order chi connectivity index (χ1) is 8.60. The van der Waals surface area contributed by atoms with Gasteiger partial charge >= 0.3 is 0 Å². The zero-order valence-electron chi connectivity index (χ0n) is 9.91. The number of imidazole rings is 2. The highest BCUT2D eigenvalue weighted by Gasteiger charge is 2.14. The number of amides is 2. The molecule has 0 aliphatic heterocycles. The van der Waals surface area contributed by atoms with E-state index in [0.29, 0.717) is 18.0 Å². The smallest absolute Gasteiger partial charge is 0.292 e. The number of hydrogen-bond acceptors (Lipinski definition) is 4. The van der Waals surface area contributed by atoms with Crippen LogP contribution in [-0.4, -0.2) is 31.4 Å². The van der Waals surface area contributed by atoms with Crippen molar-refractivity contribution in [1.82, 2.24) is 19.1 Å². The number of aromatic nitrogens is 4. The van der Waals surface area contributed by atoms with Gasteiger partial charge in [-0.25, -0.2) is 9.97 Å². The molecule has 0 aliphatic rings. The molecule has 0 aromatic carbocycles. The molecule has 0 saturated heterocycles. The molecule has 18 heavy (non-hydrogen) atoms. The lowest BCUT2D eigenvalue weighted by Gasteiger charge is -2.00. The molecule has 0 spiro atoms. The van der Waals surface area contributed by atoms with Gasteiger partial charge in [0.2, 0.25) is 12.2 Å². The Morgan fingerprint density at radius 2 is 2.11 bits per heavy atom. The van der Waals surface area contributed by atoms with Gasteiger partial charge < -0.3 is 19.8 Å². The molecule has 8 heteroatoms. The normalized spacial score (nSPS) is 10.1. The van der Waals surface area contributed by atoms with Gasteiger partial charge in [-0.05, 0) is 0 Å². The van der Waals surface area contributed by atoms with Crippen LogP contribution in [0.15, 0.2) is 18.7 Å². The fraction of sp³-hybridized carbons (Fsp3) is 0.200. The molecule has 0 fully saturated rings. The predicted octanol–water partition coefficient (Wildman–Crippen LogP) is -0.0258. The second-order valence-corrected chi connectivity index (χ2v) is 3.70. The Bertz CT molecular complexity index is 585. The number of carbonyl (C=O) groups excluding carboxylic acids is 2. The Labute approximate surface area is 103 Å². The summed E-state index contributed by atoms with van der Waals surface area (Å²) in [5.41, 5.74) is 0. The van der Waals surface area contributed by atoms with Crippen LogP contribution in [0.25, 0.3) is 0 Å². The summed E-state index contributed by atoms with van der Waals surface area (Å²) in [4.78, 5) is 30.1. The second-order valence-electron chi connectivity index (χ2n) is 3.70. The highest BCUT2D eigenvalue weighted by atomic mass is 16.2. The summed E-state index contributed by atoms with van der Waals surface area (Å²) in [6, 6.07) is 0. The van der Waals surface area contributed by atoms with Gasteiger partial charge in [-0.15, -0.1) is 0 Å². The maximum absolute atomic E-state index is 11.9. The number of nitrogens with one attached hydrogen (secondary N) is 2. The van der Waals surface area contributed by atoms with Gasteiger partial charge in [0, 0.05) is 26.5 Å². The Balaban J connectivity index is 2.15. The first-order valence-electron chi connectivity index (χ1n) is 5.13. The molecule has 2 aromatic rings. The van der Waals surface area contributed by atoms with Crippen LogP contribution in [0, 0.1) is 0 Å². The van der Waals surface area contributed by atoms with E-state index in [1.54, 1.807) is 37.4 Å². The van der Waals surface area contributed by atoms with Crippen LogP contribution < -0.4 is 10.6 Å². The number of nitrogens with zero attached hydrogens (tertiary/aromatic N) is 4. The van der Waals surface area contributed by atoms with E-state index in [4.69, 9.17) is 0 Å². The van der Waals surface area contributed by atoms with Crippen LogP contribution in [-0.2, 0) is 18.9 Å². The minimum Gasteiger partial charge on any atom is -0.338 e. The molecular formula is C10H12N6O2. The van der Waals surface area contributed by atoms with E-state index in [-0.39, 0.29) is 5.82 Å². The maximum Gasteiger partial charge on any atom is 0.292 e. The minimum absolute atomic E-state index is 0.185. The van der Waals surface area contributed by atoms with Crippen molar-refractivity contribution in [2.45, 2.75) is 0 Å². The average Bonchev–Trinajstić information content (AvgIpc) is 2.86. The summed E-state index contributed by atoms with van der Waals surface area (Å²) in [6.07, 6.45) is 5.29. The number of rotatable bonds is 4. The van der Waals surface area contributed by atoms with E-state index in [1.807, 2.05) is 0 Å². The number of hydrogen-bond donors (Lipinski definition) is 2. The van der Waals surface area contributed by atoms with Crippen LogP contribution in [0.5, 0.6) is 0 Å². The van der Waals surface area contributed by atoms with Crippen LogP contribution >= 0.6 is 0 Å². The van der Waals surface area contributed by atoms with Crippen LogP contribution in [0.2, 0.25) is 0 Å². The highest BCUT2D eigenvalue weighted by molar-refractivity contribution is 6.01. The molecule has 0 bridgehead atoms. The summed E-state index contributed by atoms with van der Waals surface area (Å²) in [6.45, 7) is 0. The SMILES string of the molecule is Cn1cnc(NC(=O)c2nc(NC=O)cn2C)c1. The van der Waals surface area contributed by atoms with Gasteiger partial charge in [-0.3, -0.25) is 9.59 Å². The molecule has 8 nitrogen and oxygen atoms in total. The molecule has 0 atom stereocenters. The molecule has 0 radical (unpaired) electrons. The maximum atomic E-state index is 11.9. The number of carbonyl (C=O) groups is 2. The first-order valence-corrected chi connectivity index (χ1v) is 5.13. The van der Waals surface area contributed by atoms with Gasteiger partial charge in [0.25, 0.3) is 5.91 Å². The van der Waals surface area contributed by atoms with Gasteiger partial charge in [-0.2, -0.15) is 0 Å². The van der Waals surface area contributed by atoms with E-state index < -0.39 is 5.91 Å². The Hall–Kier alpha value is -2.64. The van der Waals surface area contributed by atoms with E-state index >= 15 is 0 Å². The van der Waals surface area contributed by atoms with Gasteiger partial charge in [0.05, 0.1) is 6.33 Å². The monoisotopic (exact) mass is 248 g/mol. The lowest BCUT2D eigenvalue weighted by Crippen LogP contribution is -2.17. The topological polar surface area (TPSA) is 93.8 Å². The number of aryl methyl sites for hydroxylation is 2. The van der Waals surface area contributed by atoms with Crippen LogP contribution in [0.1, 0.15) is 10.6 Å². The summed E-state index contributed by atoms with van der Waals surface area (Å²) >= 11 is 0. The molecule has 2 rings (SSSR count). The van der Waals surface area contributed by atoms with Crippen molar-refractivity contribution in [2.24, 2.45) is 14.1 Å². The van der Waals surface area contributed by atoms with Crippen molar-refractivity contribution in [3.8, 4) is 0 Å². The number of anilines is 2. The second kappa shape index (κ2) is 4.70. The third-order valence-corrected chi connectivity index (χ3v) is 2.23. The summed E-state index contributed by atoms with van der Waals surface area (Å²) in [5.74, 6) is 0.550. The van der Waals surface area contributed by atoms with Crippen molar-refractivity contribution in [3.05, 3.63) is 24.5 Å². The molecule has 0 aliphatic carbocycles. The van der Waals surface area contributed by atoms with Crippen molar-refractivity contribution < 1.29 is 9.59 Å². The van der Waals surface area contributed by atoms with Crippen molar-refractivity contribution in [3.63, 3.8) is 0 Å². The summed E-state index contributed by atoms with van der Waals surface area (Å²) in [5, 5.41) is 4.98. The fourth-order valence-corrected chi connectivity index (χ4v) is 1.46. The van der Waals surface area contributed by atoms with Crippen LogP contribution in [0.4, 0.5) is 11.6 Å². The van der Waals surface area contributed by atoms with E-state index in [0.717, 1.165) is 0 Å². The lowest BCUT2D eigenvalue weighted by atomic mass is 10.5.